The molecule has 162 valence electrons. The second kappa shape index (κ2) is 8.06. The highest BCUT2D eigenvalue weighted by Crippen LogP contribution is 2.31. The van der Waals surface area contributed by atoms with Crippen LogP contribution in [0.15, 0.2) is 79.1 Å². The Labute approximate surface area is 191 Å². The van der Waals surface area contributed by atoms with E-state index in [2.05, 4.69) is 73.4 Å². The van der Waals surface area contributed by atoms with E-state index in [1.54, 1.807) is 0 Å². The number of hydrogen-bond acceptors (Lipinski definition) is 5. The molecule has 0 aliphatic carbocycles. The second-order valence-electron chi connectivity index (χ2n) is 8.28. The Morgan fingerprint density at radius 3 is 2.48 bits per heavy atom. The number of benzene rings is 3. The Balaban J connectivity index is 1.29. The highest BCUT2D eigenvalue weighted by molar-refractivity contribution is 5.82. The minimum absolute atomic E-state index is 0.593. The molecular weight excluding hydrogens is 410 g/mol. The number of nitrogens with one attached hydrogen (secondary N) is 1. The van der Waals surface area contributed by atoms with Crippen molar-refractivity contribution in [2.45, 2.75) is 13.5 Å². The van der Waals surface area contributed by atoms with E-state index in [4.69, 9.17) is 4.74 Å². The van der Waals surface area contributed by atoms with E-state index in [0.717, 1.165) is 57.0 Å². The summed E-state index contributed by atoms with van der Waals surface area (Å²) in [6.07, 6.45) is 3.78. The van der Waals surface area contributed by atoms with Gasteiger partial charge in [0.25, 0.3) is 0 Å². The molecule has 0 atom stereocenters. The normalized spacial score (nSPS) is 13.4. The molecule has 3 heterocycles. The Hall–Kier alpha value is -4.19. The molecule has 6 rings (SSSR count). The molecule has 33 heavy (non-hydrogen) atoms. The van der Waals surface area contributed by atoms with E-state index in [9.17, 15) is 0 Å². The molecule has 0 fully saturated rings. The van der Waals surface area contributed by atoms with Crippen molar-refractivity contribution in [3.05, 3.63) is 90.5 Å². The third kappa shape index (κ3) is 3.80. The number of anilines is 1. The number of imidazole rings is 1. The van der Waals surface area contributed by atoms with Gasteiger partial charge in [0.15, 0.2) is 0 Å². The molecule has 5 aromatic rings. The standard InChI is InChI=1S/C27H23N5O/c1-18-30-24-9-7-21(14-25(24)31-18)20-8-10-26-22(13-20)17-32(11-12-33-26)27-28-15-23(16-29-27)19-5-3-2-4-6-19/h2-10,13-16H,11-12,17H2,1H3,(H,30,31). The van der Waals surface area contributed by atoms with Crippen molar-refractivity contribution in [3.8, 4) is 28.0 Å². The lowest BCUT2D eigenvalue weighted by atomic mass is 10.0. The molecule has 0 amide bonds. The van der Waals surface area contributed by atoms with Crippen molar-refractivity contribution in [2.24, 2.45) is 0 Å². The number of nitrogens with zero attached hydrogens (tertiary/aromatic N) is 4. The Morgan fingerprint density at radius 1 is 0.848 bits per heavy atom. The predicted octanol–water partition coefficient (Wildman–Crippen LogP) is 5.39. The zero-order valence-corrected chi connectivity index (χ0v) is 18.3. The first-order valence-corrected chi connectivity index (χ1v) is 11.1. The van der Waals surface area contributed by atoms with Crippen molar-refractivity contribution < 1.29 is 4.74 Å². The van der Waals surface area contributed by atoms with Crippen LogP contribution in [0, 0.1) is 6.92 Å². The molecular formula is C27H23N5O. The lowest BCUT2D eigenvalue weighted by Crippen LogP contribution is -2.27. The molecule has 0 unspecified atom stereocenters. The summed E-state index contributed by atoms with van der Waals surface area (Å²) >= 11 is 0. The van der Waals surface area contributed by atoms with Crippen LogP contribution in [0.25, 0.3) is 33.3 Å². The van der Waals surface area contributed by atoms with Crippen molar-refractivity contribution in [2.75, 3.05) is 18.1 Å². The third-order valence-electron chi connectivity index (χ3n) is 6.00. The van der Waals surface area contributed by atoms with Crippen LogP contribution in [-0.2, 0) is 6.54 Å². The first-order chi connectivity index (χ1) is 16.2. The molecule has 6 nitrogen and oxygen atoms in total. The number of rotatable bonds is 3. The third-order valence-corrected chi connectivity index (χ3v) is 6.00. The van der Waals surface area contributed by atoms with E-state index in [1.165, 1.54) is 0 Å². The predicted molar refractivity (Wildman–Crippen MR) is 130 cm³/mol. The lowest BCUT2D eigenvalue weighted by molar-refractivity contribution is 0.331. The molecule has 0 radical (unpaired) electrons. The summed E-state index contributed by atoms with van der Waals surface area (Å²) in [6.45, 7) is 3.99. The van der Waals surface area contributed by atoms with E-state index < -0.39 is 0 Å². The number of ether oxygens (including phenoxy) is 1. The molecule has 3 aromatic carbocycles. The summed E-state index contributed by atoms with van der Waals surface area (Å²) < 4.78 is 6.04. The zero-order valence-electron chi connectivity index (χ0n) is 18.3. The molecule has 0 bridgehead atoms. The van der Waals surface area contributed by atoms with Gasteiger partial charge in [-0.25, -0.2) is 15.0 Å². The summed E-state index contributed by atoms with van der Waals surface area (Å²) in [6, 6.07) is 22.9. The van der Waals surface area contributed by atoms with E-state index in [0.29, 0.717) is 19.1 Å². The van der Waals surface area contributed by atoms with Gasteiger partial charge in [0.2, 0.25) is 5.95 Å². The maximum atomic E-state index is 6.04. The van der Waals surface area contributed by atoms with E-state index in [-0.39, 0.29) is 0 Å². The van der Waals surface area contributed by atoms with Gasteiger partial charge in [-0.1, -0.05) is 42.5 Å². The molecule has 1 aliphatic heterocycles. The van der Waals surface area contributed by atoms with Crippen molar-refractivity contribution in [1.82, 2.24) is 19.9 Å². The monoisotopic (exact) mass is 433 g/mol. The van der Waals surface area contributed by atoms with Gasteiger partial charge in [0.1, 0.15) is 18.2 Å². The molecule has 0 spiro atoms. The summed E-state index contributed by atoms with van der Waals surface area (Å²) in [5.41, 5.74) is 7.57. The first-order valence-electron chi connectivity index (χ1n) is 11.1. The van der Waals surface area contributed by atoms with Crippen LogP contribution < -0.4 is 9.64 Å². The summed E-state index contributed by atoms with van der Waals surface area (Å²) in [7, 11) is 0. The van der Waals surface area contributed by atoms with Crippen LogP contribution in [0.4, 0.5) is 5.95 Å². The Kier molecular flexibility index (Phi) is 4.76. The van der Waals surface area contributed by atoms with Crippen LogP contribution in [0.1, 0.15) is 11.4 Å². The molecule has 1 N–H and O–H groups in total. The highest BCUT2D eigenvalue weighted by atomic mass is 16.5. The maximum absolute atomic E-state index is 6.04. The average Bonchev–Trinajstić information content (AvgIpc) is 3.10. The summed E-state index contributed by atoms with van der Waals surface area (Å²) in [5.74, 6) is 2.55. The maximum Gasteiger partial charge on any atom is 0.225 e. The number of hydrogen-bond donors (Lipinski definition) is 1. The van der Waals surface area contributed by atoms with Gasteiger partial charge in [-0.3, -0.25) is 0 Å². The quantitative estimate of drug-likeness (QED) is 0.413. The van der Waals surface area contributed by atoms with Crippen molar-refractivity contribution in [3.63, 3.8) is 0 Å². The van der Waals surface area contributed by atoms with Crippen LogP contribution in [0.3, 0.4) is 0 Å². The molecule has 6 heteroatoms. The second-order valence-corrected chi connectivity index (χ2v) is 8.28. The fourth-order valence-electron chi connectivity index (χ4n) is 4.33. The first kappa shape index (κ1) is 19.5. The van der Waals surface area contributed by atoms with Gasteiger partial charge in [0.05, 0.1) is 17.6 Å². The van der Waals surface area contributed by atoms with Gasteiger partial charge in [-0.05, 0) is 47.9 Å². The smallest absolute Gasteiger partial charge is 0.225 e. The number of H-pyrrole nitrogens is 1. The van der Waals surface area contributed by atoms with Crippen molar-refractivity contribution in [1.29, 1.82) is 0 Å². The van der Waals surface area contributed by atoms with Gasteiger partial charge in [-0.2, -0.15) is 0 Å². The average molecular weight is 434 g/mol. The van der Waals surface area contributed by atoms with Gasteiger partial charge < -0.3 is 14.6 Å². The fraction of sp³-hybridized carbons (Fsp3) is 0.148. The van der Waals surface area contributed by atoms with Crippen molar-refractivity contribution >= 4 is 17.0 Å². The zero-order chi connectivity index (χ0) is 22.2. The molecule has 0 saturated carbocycles. The van der Waals surface area contributed by atoms with Crippen LogP contribution in [-0.4, -0.2) is 33.1 Å². The number of aromatic amines is 1. The Morgan fingerprint density at radius 2 is 1.64 bits per heavy atom. The lowest BCUT2D eigenvalue weighted by Gasteiger charge is -2.20. The molecule has 0 saturated heterocycles. The van der Waals surface area contributed by atoms with Crippen LogP contribution in [0.2, 0.25) is 0 Å². The van der Waals surface area contributed by atoms with Gasteiger partial charge in [0, 0.05) is 30.1 Å². The topological polar surface area (TPSA) is 66.9 Å². The van der Waals surface area contributed by atoms with Gasteiger partial charge in [-0.15, -0.1) is 0 Å². The minimum atomic E-state index is 0.593. The number of aromatic nitrogens is 4. The minimum Gasteiger partial charge on any atom is -0.491 e. The summed E-state index contributed by atoms with van der Waals surface area (Å²) in [4.78, 5) is 19.3. The fourth-order valence-corrected chi connectivity index (χ4v) is 4.33. The van der Waals surface area contributed by atoms with Gasteiger partial charge >= 0.3 is 0 Å². The number of fused-ring (bicyclic) bond motifs is 2. The highest BCUT2D eigenvalue weighted by Gasteiger charge is 2.19. The van der Waals surface area contributed by atoms with E-state index >= 15 is 0 Å². The van der Waals surface area contributed by atoms with Crippen LogP contribution in [0.5, 0.6) is 5.75 Å². The molecule has 1 aliphatic rings. The Bertz CT molecular complexity index is 1430. The largest absolute Gasteiger partial charge is 0.491 e. The van der Waals surface area contributed by atoms with Crippen LogP contribution >= 0.6 is 0 Å². The SMILES string of the molecule is Cc1nc2ccc(-c3ccc4c(c3)CN(c3ncc(-c5ccccc5)cn3)CCO4)cc2[nH]1. The number of aryl methyl sites for hydroxylation is 1. The molecule has 2 aromatic heterocycles. The van der Waals surface area contributed by atoms with E-state index in [1.807, 2.05) is 37.5 Å². The summed E-state index contributed by atoms with van der Waals surface area (Å²) in [5, 5.41) is 0.